The molecular weight excluding hydrogens is 510 g/mol. The van der Waals surface area contributed by atoms with Crippen LogP contribution in [0, 0.1) is 0 Å². The average Bonchev–Trinajstić information content (AvgIpc) is 3.37. The van der Waals surface area contributed by atoms with Crippen molar-refractivity contribution in [2.45, 2.75) is 57.3 Å². The second-order valence-electron chi connectivity index (χ2n) is 12.8. The maximum absolute atomic E-state index is 2.59. The fraction of sp³-hybridized carbons (Fsp3) is 0.231. The Balaban J connectivity index is 1.23. The largest absolute Gasteiger partial charge is 0.313 e. The van der Waals surface area contributed by atoms with E-state index in [2.05, 4.69) is 138 Å². The molecule has 0 aromatic heterocycles. The van der Waals surface area contributed by atoms with Gasteiger partial charge in [-0.3, -0.25) is 0 Å². The molecule has 3 aliphatic carbocycles. The van der Waals surface area contributed by atoms with Crippen molar-refractivity contribution in [3.63, 3.8) is 0 Å². The summed E-state index contributed by atoms with van der Waals surface area (Å²) in [6, 6.07) is 27.2. The van der Waals surface area contributed by atoms with Crippen molar-refractivity contribution in [3.05, 3.63) is 154 Å². The molecule has 1 atom stereocenters. The van der Waals surface area contributed by atoms with Crippen LogP contribution in [-0.2, 0) is 5.41 Å². The monoisotopic (exact) mass is 545 g/mol. The molecule has 0 fully saturated rings. The molecule has 3 nitrogen and oxygen atoms in total. The number of allylic oxidation sites excluding steroid dienone is 10. The van der Waals surface area contributed by atoms with Gasteiger partial charge < -0.3 is 14.7 Å². The fourth-order valence-electron chi connectivity index (χ4n) is 8.28. The molecular formula is C39H35N3. The summed E-state index contributed by atoms with van der Waals surface area (Å²) in [7, 11) is 0. The Kier molecular flexibility index (Phi) is 5.03. The van der Waals surface area contributed by atoms with Gasteiger partial charge in [0.15, 0.2) is 0 Å². The molecule has 0 spiro atoms. The minimum atomic E-state index is -0.0169. The molecule has 206 valence electrons. The third kappa shape index (κ3) is 3.17. The first-order valence-corrected chi connectivity index (χ1v) is 15.5. The molecule has 3 aromatic rings. The maximum atomic E-state index is 2.59. The van der Waals surface area contributed by atoms with Gasteiger partial charge in [-0.1, -0.05) is 74.5 Å². The summed E-state index contributed by atoms with van der Waals surface area (Å²) in [5.74, 6) is 0.383. The predicted octanol–water partition coefficient (Wildman–Crippen LogP) is 9.88. The lowest BCUT2D eigenvalue weighted by Crippen LogP contribution is -2.38. The molecule has 0 bridgehead atoms. The molecule has 0 saturated carbocycles. The smallest absolute Gasteiger partial charge is 0.0654 e. The van der Waals surface area contributed by atoms with Gasteiger partial charge in [-0.25, -0.2) is 0 Å². The van der Waals surface area contributed by atoms with Crippen LogP contribution in [0.1, 0.15) is 63.0 Å². The molecule has 0 saturated heterocycles. The number of fused-ring (bicyclic) bond motifs is 5. The number of anilines is 4. The van der Waals surface area contributed by atoms with E-state index in [4.69, 9.17) is 0 Å². The van der Waals surface area contributed by atoms with Crippen LogP contribution in [0.4, 0.5) is 22.7 Å². The van der Waals surface area contributed by atoms with Crippen LogP contribution in [-0.4, -0.2) is 0 Å². The van der Waals surface area contributed by atoms with E-state index in [0.29, 0.717) is 5.92 Å². The Hall–Kier alpha value is -4.50. The Morgan fingerprint density at radius 1 is 0.643 bits per heavy atom. The van der Waals surface area contributed by atoms with Gasteiger partial charge in [0.1, 0.15) is 0 Å². The summed E-state index contributed by atoms with van der Waals surface area (Å²) < 4.78 is 0. The van der Waals surface area contributed by atoms with Gasteiger partial charge in [0.25, 0.3) is 0 Å². The van der Waals surface area contributed by atoms with Gasteiger partial charge in [0.2, 0.25) is 0 Å². The van der Waals surface area contributed by atoms with Gasteiger partial charge in [-0.2, -0.15) is 0 Å². The molecule has 0 amide bonds. The fourth-order valence-corrected chi connectivity index (χ4v) is 8.28. The highest BCUT2D eigenvalue weighted by Crippen LogP contribution is 2.60. The number of para-hydroxylation sites is 2. The average molecular weight is 546 g/mol. The van der Waals surface area contributed by atoms with E-state index >= 15 is 0 Å². The Morgan fingerprint density at radius 2 is 1.33 bits per heavy atom. The van der Waals surface area contributed by atoms with Gasteiger partial charge in [-0.15, -0.1) is 0 Å². The lowest BCUT2D eigenvalue weighted by molar-refractivity contribution is 0.598. The number of rotatable bonds is 2. The van der Waals surface area contributed by atoms with E-state index in [1.807, 2.05) is 0 Å². The Bertz CT molecular complexity index is 1850. The van der Waals surface area contributed by atoms with E-state index in [1.54, 1.807) is 0 Å². The van der Waals surface area contributed by atoms with Crippen molar-refractivity contribution in [3.8, 4) is 0 Å². The van der Waals surface area contributed by atoms with Gasteiger partial charge in [0, 0.05) is 51.2 Å². The summed E-state index contributed by atoms with van der Waals surface area (Å²) in [6.07, 6.45) is 19.5. The van der Waals surface area contributed by atoms with Crippen molar-refractivity contribution in [2.75, 3.05) is 14.7 Å². The maximum Gasteiger partial charge on any atom is 0.0654 e. The molecule has 1 unspecified atom stereocenters. The minimum absolute atomic E-state index is 0.0169. The number of hydrogen-bond acceptors (Lipinski definition) is 3. The molecule has 9 rings (SSSR count). The second kappa shape index (κ2) is 8.75. The van der Waals surface area contributed by atoms with Crippen molar-refractivity contribution in [2.24, 2.45) is 0 Å². The lowest BCUT2D eigenvalue weighted by atomic mass is 9.70. The third-order valence-electron chi connectivity index (χ3n) is 10.2. The zero-order valence-electron chi connectivity index (χ0n) is 24.3. The second-order valence-corrected chi connectivity index (χ2v) is 12.8. The number of nitrogens with zero attached hydrogens (tertiary/aromatic N) is 3. The topological polar surface area (TPSA) is 9.72 Å². The Labute approximate surface area is 248 Å². The van der Waals surface area contributed by atoms with Gasteiger partial charge in [-0.05, 0) is 97.4 Å². The minimum Gasteiger partial charge on any atom is -0.313 e. The van der Waals surface area contributed by atoms with Crippen molar-refractivity contribution < 1.29 is 0 Å². The predicted molar refractivity (Wildman–Crippen MR) is 174 cm³/mol. The molecule has 0 N–H and O–H groups in total. The summed E-state index contributed by atoms with van der Waals surface area (Å²) in [4.78, 5) is 7.69. The zero-order valence-corrected chi connectivity index (χ0v) is 24.3. The lowest BCUT2D eigenvalue weighted by Gasteiger charge is -2.44. The van der Waals surface area contributed by atoms with Crippen molar-refractivity contribution in [1.82, 2.24) is 0 Å². The normalized spacial score (nSPS) is 22.7. The summed E-state index contributed by atoms with van der Waals surface area (Å²) in [5.41, 5.74) is 16.5. The highest BCUT2D eigenvalue weighted by molar-refractivity contribution is 5.87. The first kappa shape index (κ1) is 24.1. The zero-order chi connectivity index (χ0) is 28.0. The van der Waals surface area contributed by atoms with Crippen molar-refractivity contribution >= 4 is 22.7 Å². The van der Waals surface area contributed by atoms with Crippen LogP contribution < -0.4 is 14.7 Å². The van der Waals surface area contributed by atoms with E-state index < -0.39 is 0 Å². The van der Waals surface area contributed by atoms with Crippen molar-refractivity contribution in [1.29, 1.82) is 0 Å². The van der Waals surface area contributed by atoms with E-state index in [0.717, 1.165) is 32.1 Å². The highest BCUT2D eigenvalue weighted by Gasteiger charge is 2.46. The number of benzene rings is 3. The molecule has 0 radical (unpaired) electrons. The van der Waals surface area contributed by atoms with Gasteiger partial charge in [0.05, 0.1) is 11.4 Å². The van der Waals surface area contributed by atoms with Crippen LogP contribution in [0.15, 0.2) is 143 Å². The quantitative estimate of drug-likeness (QED) is 0.317. The summed E-state index contributed by atoms with van der Waals surface area (Å²) in [5, 5.41) is 0. The molecule has 3 heterocycles. The SMILES string of the molecule is CC1(C)C2=C3C(CC=C2)c2cc(N4C5=C(CCC=C5)N(c5ccccc5)C5=C4CCC=C5)ccc2N3c2ccccc21. The highest BCUT2D eigenvalue weighted by atomic mass is 15.3. The molecule has 3 heteroatoms. The van der Waals surface area contributed by atoms with Crippen LogP contribution in [0.25, 0.3) is 0 Å². The van der Waals surface area contributed by atoms with Crippen LogP contribution in [0.2, 0.25) is 0 Å². The van der Waals surface area contributed by atoms with Crippen LogP contribution >= 0.6 is 0 Å². The van der Waals surface area contributed by atoms with Crippen LogP contribution in [0.5, 0.6) is 0 Å². The Morgan fingerprint density at radius 3 is 2.10 bits per heavy atom. The first-order chi connectivity index (χ1) is 20.6. The number of hydrogen-bond donors (Lipinski definition) is 0. The molecule has 3 aromatic carbocycles. The third-order valence-corrected chi connectivity index (χ3v) is 10.2. The van der Waals surface area contributed by atoms with Crippen LogP contribution in [0.3, 0.4) is 0 Å². The summed E-state index contributed by atoms with van der Waals surface area (Å²) >= 11 is 0. The van der Waals surface area contributed by atoms with Gasteiger partial charge >= 0.3 is 0 Å². The first-order valence-electron chi connectivity index (χ1n) is 15.5. The van der Waals surface area contributed by atoms with E-state index in [1.165, 1.54) is 67.9 Å². The molecule has 6 aliphatic rings. The van der Waals surface area contributed by atoms with E-state index in [9.17, 15) is 0 Å². The van der Waals surface area contributed by atoms with E-state index in [-0.39, 0.29) is 5.41 Å². The molecule has 42 heavy (non-hydrogen) atoms. The summed E-state index contributed by atoms with van der Waals surface area (Å²) in [6.45, 7) is 4.79. The molecule has 3 aliphatic heterocycles. The standard InChI is InChI=1S/C39H35N3/c1-39(2)30-16-6-7-18-33(30)42-32-24-23-27(25-29(32)28-15-12-17-31(39)38(28)42)41-36-21-10-8-19-34(36)40(26-13-4-3-5-14-26)35-20-9-11-22-37(35)41/h3-8,11-14,16-19,22-25,28H,9-10,15,20-21H2,1-2H3.